The van der Waals surface area contributed by atoms with Gasteiger partial charge in [-0.2, -0.15) is 0 Å². The molecule has 4 nitrogen and oxygen atoms in total. The van der Waals surface area contributed by atoms with Gasteiger partial charge in [-0.25, -0.2) is 0 Å². The van der Waals surface area contributed by atoms with Crippen LogP contribution in [0.4, 0.5) is 11.4 Å². The molecule has 0 aliphatic rings. The predicted molar refractivity (Wildman–Crippen MR) is 92.4 cm³/mol. The first-order valence-electron chi connectivity index (χ1n) is 7.28. The Hall–Kier alpha value is -3.14. The van der Waals surface area contributed by atoms with Crippen LogP contribution in [0.15, 0.2) is 66.7 Å². The highest BCUT2D eigenvalue weighted by atomic mass is 16.3. The molecule has 0 unspecified atom stereocenters. The van der Waals surface area contributed by atoms with Gasteiger partial charge in [-0.15, -0.1) is 0 Å². The zero-order valence-electron chi connectivity index (χ0n) is 12.5. The van der Waals surface area contributed by atoms with Gasteiger partial charge in [0.25, 0.3) is 0 Å². The highest BCUT2D eigenvalue weighted by Gasteiger charge is 2.18. The molecule has 23 heavy (non-hydrogen) atoms. The topological polar surface area (TPSA) is 92.5 Å². The highest BCUT2D eigenvalue weighted by molar-refractivity contribution is 5.60. The fourth-order valence-electron chi connectivity index (χ4n) is 2.73. The quantitative estimate of drug-likeness (QED) is 0.339. The maximum atomic E-state index is 9.67. The summed E-state index contributed by atoms with van der Waals surface area (Å²) in [6, 6.07) is 20.3. The van der Waals surface area contributed by atoms with Crippen LogP contribution in [0, 0.1) is 0 Å². The fourth-order valence-corrected chi connectivity index (χ4v) is 2.73. The molecule has 3 aromatic carbocycles. The summed E-state index contributed by atoms with van der Waals surface area (Å²) in [4.78, 5) is 0. The lowest BCUT2D eigenvalue weighted by molar-refractivity contribution is 0.477. The van der Waals surface area contributed by atoms with Crippen molar-refractivity contribution >= 4 is 11.4 Å². The van der Waals surface area contributed by atoms with Crippen molar-refractivity contribution in [2.75, 3.05) is 11.5 Å². The second kappa shape index (κ2) is 5.93. The van der Waals surface area contributed by atoms with Crippen molar-refractivity contribution in [3.05, 3.63) is 83.4 Å². The number of benzene rings is 3. The van der Waals surface area contributed by atoms with E-state index in [9.17, 15) is 10.2 Å². The first-order chi connectivity index (χ1) is 11.1. The van der Waals surface area contributed by atoms with Crippen LogP contribution in [0.1, 0.15) is 22.6 Å². The van der Waals surface area contributed by atoms with Crippen molar-refractivity contribution in [3.63, 3.8) is 0 Å². The number of aromatic hydroxyl groups is 2. The molecular formula is C19H18N2O2. The van der Waals surface area contributed by atoms with Crippen LogP contribution in [-0.2, 0) is 0 Å². The van der Waals surface area contributed by atoms with Gasteiger partial charge in [0.2, 0.25) is 0 Å². The Kier molecular flexibility index (Phi) is 3.81. The third-order valence-electron chi connectivity index (χ3n) is 3.90. The molecule has 4 heteroatoms. The minimum atomic E-state index is -0.0954. The number of anilines is 2. The van der Waals surface area contributed by atoms with Crippen molar-refractivity contribution in [1.29, 1.82) is 0 Å². The third-order valence-corrected chi connectivity index (χ3v) is 3.90. The molecule has 0 saturated heterocycles. The van der Waals surface area contributed by atoms with Gasteiger partial charge >= 0.3 is 0 Å². The fraction of sp³-hybridized carbons (Fsp3) is 0.0526. The van der Waals surface area contributed by atoms with E-state index in [2.05, 4.69) is 0 Å². The Morgan fingerprint density at radius 2 is 1.09 bits per heavy atom. The van der Waals surface area contributed by atoms with Crippen LogP contribution in [0.5, 0.6) is 11.5 Å². The van der Waals surface area contributed by atoms with E-state index in [0.29, 0.717) is 11.4 Å². The molecule has 0 radical (unpaired) electrons. The Bertz CT molecular complexity index is 781. The van der Waals surface area contributed by atoms with E-state index in [4.69, 9.17) is 11.5 Å². The molecular weight excluding hydrogens is 288 g/mol. The van der Waals surface area contributed by atoms with Crippen LogP contribution >= 0.6 is 0 Å². The van der Waals surface area contributed by atoms with Crippen LogP contribution in [0.3, 0.4) is 0 Å². The average molecular weight is 306 g/mol. The Morgan fingerprint density at radius 3 is 1.52 bits per heavy atom. The van der Waals surface area contributed by atoms with E-state index in [1.54, 1.807) is 24.3 Å². The second-order valence-electron chi connectivity index (χ2n) is 5.48. The van der Waals surface area contributed by atoms with Gasteiger partial charge in [-0.3, -0.25) is 0 Å². The summed E-state index contributed by atoms with van der Waals surface area (Å²) in [5.41, 5.74) is 15.3. The van der Waals surface area contributed by atoms with Gasteiger partial charge < -0.3 is 21.7 Å². The molecule has 3 aromatic rings. The summed E-state index contributed by atoms with van der Waals surface area (Å²) in [5, 5.41) is 19.3. The van der Waals surface area contributed by atoms with Crippen molar-refractivity contribution in [3.8, 4) is 11.5 Å². The van der Waals surface area contributed by atoms with Crippen LogP contribution < -0.4 is 11.5 Å². The first-order valence-corrected chi connectivity index (χ1v) is 7.28. The van der Waals surface area contributed by atoms with Gasteiger partial charge in [-0.05, 0) is 41.0 Å². The van der Waals surface area contributed by atoms with E-state index in [0.717, 1.165) is 16.7 Å². The molecule has 0 bridgehead atoms. The minimum Gasteiger partial charge on any atom is -0.506 e. The van der Waals surface area contributed by atoms with Crippen LogP contribution in [0.2, 0.25) is 0 Å². The normalized spacial score (nSPS) is 10.8. The van der Waals surface area contributed by atoms with Gasteiger partial charge in [-0.1, -0.05) is 42.5 Å². The van der Waals surface area contributed by atoms with Gasteiger partial charge in [0, 0.05) is 5.92 Å². The molecule has 0 heterocycles. The second-order valence-corrected chi connectivity index (χ2v) is 5.48. The number of rotatable bonds is 3. The number of nitrogen functional groups attached to an aromatic ring is 2. The Balaban J connectivity index is 2.17. The van der Waals surface area contributed by atoms with Gasteiger partial charge in [0.05, 0.1) is 11.4 Å². The first kappa shape index (κ1) is 14.8. The lowest BCUT2D eigenvalue weighted by Gasteiger charge is -2.20. The average Bonchev–Trinajstić information content (AvgIpc) is 2.55. The molecule has 0 spiro atoms. The van der Waals surface area contributed by atoms with E-state index in [1.165, 1.54) is 0 Å². The van der Waals surface area contributed by atoms with E-state index >= 15 is 0 Å². The van der Waals surface area contributed by atoms with Gasteiger partial charge in [0.1, 0.15) is 11.5 Å². The maximum absolute atomic E-state index is 9.67. The van der Waals surface area contributed by atoms with Crippen molar-refractivity contribution in [2.45, 2.75) is 5.92 Å². The molecule has 116 valence electrons. The number of phenolic OH excluding ortho intramolecular Hbond substituents is 2. The van der Waals surface area contributed by atoms with Crippen molar-refractivity contribution in [1.82, 2.24) is 0 Å². The molecule has 0 aromatic heterocycles. The number of phenols is 2. The van der Waals surface area contributed by atoms with Gasteiger partial charge in [0.15, 0.2) is 0 Å². The Morgan fingerprint density at radius 1 is 0.609 bits per heavy atom. The smallest absolute Gasteiger partial charge is 0.138 e. The summed E-state index contributed by atoms with van der Waals surface area (Å²) in [5.74, 6) is 0.0264. The molecule has 0 saturated carbocycles. The SMILES string of the molecule is Nc1cc(C(c2ccccc2)c2ccc(O)c(N)c2)ccc1O. The predicted octanol–water partition coefficient (Wildman–Crippen LogP) is 3.44. The van der Waals surface area contributed by atoms with Crippen molar-refractivity contribution in [2.24, 2.45) is 0 Å². The summed E-state index contributed by atoms with van der Waals surface area (Å²) in [6.07, 6.45) is 0. The number of hydrogen-bond donors (Lipinski definition) is 4. The monoisotopic (exact) mass is 306 g/mol. The molecule has 0 aliphatic heterocycles. The molecule has 3 rings (SSSR count). The van der Waals surface area contributed by atoms with Crippen LogP contribution in [-0.4, -0.2) is 10.2 Å². The number of nitrogens with two attached hydrogens (primary N) is 2. The molecule has 0 atom stereocenters. The lowest BCUT2D eigenvalue weighted by Crippen LogP contribution is -2.05. The maximum Gasteiger partial charge on any atom is 0.138 e. The molecule has 0 fully saturated rings. The minimum absolute atomic E-state index is 0.0609. The summed E-state index contributed by atoms with van der Waals surface area (Å²) in [6.45, 7) is 0. The zero-order valence-corrected chi connectivity index (χ0v) is 12.5. The number of hydrogen-bond acceptors (Lipinski definition) is 4. The molecule has 0 aliphatic carbocycles. The zero-order chi connectivity index (χ0) is 16.4. The Labute approximate surface area is 134 Å². The summed E-state index contributed by atoms with van der Waals surface area (Å²) >= 11 is 0. The van der Waals surface area contributed by atoms with E-state index in [-0.39, 0.29) is 17.4 Å². The third kappa shape index (κ3) is 2.92. The highest BCUT2D eigenvalue weighted by Crippen LogP contribution is 2.36. The molecule has 6 N–H and O–H groups in total. The standard InChI is InChI=1S/C19H18N2O2/c20-15-10-13(6-8-17(15)22)19(12-4-2-1-3-5-12)14-7-9-18(23)16(21)11-14/h1-11,19,22-23H,20-21H2. The van der Waals surface area contributed by atoms with E-state index in [1.807, 2.05) is 42.5 Å². The van der Waals surface area contributed by atoms with E-state index < -0.39 is 0 Å². The largest absolute Gasteiger partial charge is 0.506 e. The lowest BCUT2D eigenvalue weighted by atomic mass is 9.84. The summed E-state index contributed by atoms with van der Waals surface area (Å²) < 4.78 is 0. The molecule has 0 amide bonds. The van der Waals surface area contributed by atoms with Crippen LogP contribution in [0.25, 0.3) is 0 Å². The summed E-state index contributed by atoms with van der Waals surface area (Å²) in [7, 11) is 0. The van der Waals surface area contributed by atoms with Crippen molar-refractivity contribution < 1.29 is 10.2 Å².